The lowest BCUT2D eigenvalue weighted by molar-refractivity contribution is -0.139. The summed E-state index contributed by atoms with van der Waals surface area (Å²) in [5, 5.41) is 11.7. The van der Waals surface area contributed by atoms with E-state index in [4.69, 9.17) is 9.84 Å². The summed E-state index contributed by atoms with van der Waals surface area (Å²) >= 11 is 0. The first-order chi connectivity index (χ1) is 10.4. The second-order valence-corrected chi connectivity index (χ2v) is 5.67. The van der Waals surface area contributed by atoms with Gasteiger partial charge in [-0.15, -0.1) is 0 Å². The van der Waals surface area contributed by atoms with Crippen molar-refractivity contribution in [3.8, 4) is 0 Å². The fraction of sp³-hybridized carbons (Fsp3) is 0.529. The molecule has 1 rings (SSSR count). The molecule has 1 atom stereocenters. The van der Waals surface area contributed by atoms with E-state index in [1.165, 1.54) is 0 Å². The monoisotopic (exact) mass is 307 g/mol. The summed E-state index contributed by atoms with van der Waals surface area (Å²) in [7, 11) is 0. The van der Waals surface area contributed by atoms with E-state index in [1.54, 1.807) is 6.92 Å². The molecule has 1 aromatic carbocycles. The van der Waals surface area contributed by atoms with Crippen LogP contribution >= 0.6 is 0 Å². The Hall–Kier alpha value is -1.88. The Bertz CT molecular complexity index is 475. The predicted molar refractivity (Wildman–Crippen MR) is 84.4 cm³/mol. The number of hydrogen-bond acceptors (Lipinski definition) is 3. The van der Waals surface area contributed by atoms with Crippen LogP contribution in [-0.4, -0.2) is 29.1 Å². The molecule has 1 aromatic rings. The first kappa shape index (κ1) is 18.2. The van der Waals surface area contributed by atoms with Crippen molar-refractivity contribution in [3.05, 3.63) is 35.9 Å². The molecule has 0 heterocycles. The van der Waals surface area contributed by atoms with E-state index < -0.39 is 11.5 Å². The molecule has 5 heteroatoms. The first-order valence-corrected chi connectivity index (χ1v) is 7.59. The lowest BCUT2D eigenvalue weighted by atomic mass is 9.94. The highest BCUT2D eigenvalue weighted by Crippen LogP contribution is 2.14. The van der Waals surface area contributed by atoms with Gasteiger partial charge in [0.1, 0.15) is 0 Å². The number of nitrogens with one attached hydrogen (secondary N) is 1. The minimum Gasteiger partial charge on any atom is -0.481 e. The first-order valence-electron chi connectivity index (χ1n) is 7.59. The van der Waals surface area contributed by atoms with Gasteiger partial charge in [0, 0.05) is 18.6 Å². The Morgan fingerprint density at radius 2 is 1.95 bits per heavy atom. The van der Waals surface area contributed by atoms with Crippen LogP contribution < -0.4 is 5.32 Å². The van der Waals surface area contributed by atoms with Crippen LogP contribution in [0.4, 0.5) is 0 Å². The normalized spacial score (nSPS) is 13.4. The summed E-state index contributed by atoms with van der Waals surface area (Å²) in [4.78, 5) is 22.7. The molecule has 122 valence electrons. The Morgan fingerprint density at radius 3 is 2.55 bits per heavy atom. The van der Waals surface area contributed by atoms with Gasteiger partial charge in [-0.1, -0.05) is 37.3 Å². The number of carbonyl (C=O) groups is 2. The predicted octanol–water partition coefficient (Wildman–Crippen LogP) is 2.74. The third-order valence-electron chi connectivity index (χ3n) is 3.57. The topological polar surface area (TPSA) is 75.6 Å². The molecule has 0 fully saturated rings. The lowest BCUT2D eigenvalue weighted by Gasteiger charge is -2.27. The van der Waals surface area contributed by atoms with Gasteiger partial charge in [-0.25, -0.2) is 0 Å². The Morgan fingerprint density at radius 1 is 1.27 bits per heavy atom. The lowest BCUT2D eigenvalue weighted by Crippen LogP contribution is -2.47. The minimum absolute atomic E-state index is 0.0697. The maximum Gasteiger partial charge on any atom is 0.305 e. The number of hydrogen-bond donors (Lipinski definition) is 2. The fourth-order valence-corrected chi connectivity index (χ4v) is 2.09. The molecule has 0 spiro atoms. The van der Waals surface area contributed by atoms with Gasteiger partial charge < -0.3 is 15.2 Å². The Labute approximate surface area is 131 Å². The van der Waals surface area contributed by atoms with E-state index in [2.05, 4.69) is 5.32 Å². The van der Waals surface area contributed by atoms with Gasteiger partial charge in [0.2, 0.25) is 5.91 Å². The fourth-order valence-electron chi connectivity index (χ4n) is 2.09. The van der Waals surface area contributed by atoms with Crippen LogP contribution in [0.5, 0.6) is 0 Å². The smallest absolute Gasteiger partial charge is 0.305 e. The van der Waals surface area contributed by atoms with Gasteiger partial charge in [-0.05, 0) is 25.3 Å². The standard InChI is InChI=1S/C17H25NO4/c1-3-17(2,12-16(20)21)18-15(19)10-7-11-22-13-14-8-5-4-6-9-14/h4-6,8-9H,3,7,10-13H2,1-2H3,(H,18,19)(H,20,21)/t17-/m1/s1. The summed E-state index contributed by atoms with van der Waals surface area (Å²) in [6.07, 6.45) is 1.46. The van der Waals surface area contributed by atoms with Crippen LogP contribution in [0.2, 0.25) is 0 Å². The molecule has 0 saturated carbocycles. The van der Waals surface area contributed by atoms with Crippen LogP contribution in [0, 0.1) is 0 Å². The number of carbonyl (C=O) groups excluding carboxylic acids is 1. The molecule has 5 nitrogen and oxygen atoms in total. The van der Waals surface area contributed by atoms with Crippen molar-refractivity contribution < 1.29 is 19.4 Å². The maximum absolute atomic E-state index is 11.9. The average molecular weight is 307 g/mol. The highest BCUT2D eigenvalue weighted by molar-refractivity contribution is 5.78. The van der Waals surface area contributed by atoms with Gasteiger partial charge in [-0.3, -0.25) is 9.59 Å². The van der Waals surface area contributed by atoms with E-state index in [0.717, 1.165) is 5.56 Å². The van der Waals surface area contributed by atoms with Gasteiger partial charge in [0.25, 0.3) is 0 Å². The van der Waals surface area contributed by atoms with E-state index in [9.17, 15) is 9.59 Å². The zero-order valence-corrected chi connectivity index (χ0v) is 13.3. The molecule has 0 aliphatic heterocycles. The van der Waals surface area contributed by atoms with E-state index >= 15 is 0 Å². The summed E-state index contributed by atoms with van der Waals surface area (Å²) in [6.45, 7) is 4.66. The van der Waals surface area contributed by atoms with E-state index in [-0.39, 0.29) is 12.3 Å². The van der Waals surface area contributed by atoms with Crippen molar-refractivity contribution in [1.82, 2.24) is 5.32 Å². The number of benzene rings is 1. The quantitative estimate of drug-likeness (QED) is 0.652. The molecule has 0 aliphatic rings. The number of aliphatic carboxylic acids is 1. The SMILES string of the molecule is CC[C@](C)(CC(=O)O)NC(=O)CCCOCc1ccccc1. The molecular formula is C17H25NO4. The number of amides is 1. The second-order valence-electron chi connectivity index (χ2n) is 5.67. The third-order valence-corrected chi connectivity index (χ3v) is 3.57. The van der Waals surface area contributed by atoms with Crippen molar-refractivity contribution in [3.63, 3.8) is 0 Å². The van der Waals surface area contributed by atoms with Crippen molar-refractivity contribution in [2.75, 3.05) is 6.61 Å². The highest BCUT2D eigenvalue weighted by Gasteiger charge is 2.27. The molecule has 0 saturated heterocycles. The summed E-state index contributed by atoms with van der Waals surface area (Å²) < 4.78 is 5.52. The van der Waals surface area contributed by atoms with Crippen molar-refractivity contribution in [2.45, 2.75) is 51.7 Å². The van der Waals surface area contributed by atoms with Crippen LogP contribution in [0.15, 0.2) is 30.3 Å². The molecule has 0 unspecified atom stereocenters. The average Bonchev–Trinajstić information content (AvgIpc) is 2.47. The summed E-state index contributed by atoms with van der Waals surface area (Å²) in [5.74, 6) is -1.04. The number of rotatable bonds is 10. The second kappa shape index (κ2) is 9.20. The largest absolute Gasteiger partial charge is 0.481 e. The van der Waals surface area contributed by atoms with Crippen molar-refractivity contribution in [1.29, 1.82) is 0 Å². The van der Waals surface area contributed by atoms with E-state index in [0.29, 0.717) is 32.5 Å². The van der Waals surface area contributed by atoms with Crippen molar-refractivity contribution >= 4 is 11.9 Å². The van der Waals surface area contributed by atoms with Gasteiger partial charge in [-0.2, -0.15) is 0 Å². The van der Waals surface area contributed by atoms with Gasteiger partial charge in [0.05, 0.1) is 13.0 Å². The zero-order chi connectivity index (χ0) is 16.4. The molecule has 22 heavy (non-hydrogen) atoms. The Kier molecular flexibility index (Phi) is 7.60. The minimum atomic E-state index is -0.907. The molecule has 2 N–H and O–H groups in total. The third kappa shape index (κ3) is 7.22. The molecule has 0 bridgehead atoms. The maximum atomic E-state index is 11.9. The van der Waals surface area contributed by atoms with Crippen LogP contribution in [0.1, 0.15) is 45.1 Å². The zero-order valence-electron chi connectivity index (χ0n) is 13.3. The summed E-state index contributed by atoms with van der Waals surface area (Å²) in [5.41, 5.74) is 0.417. The van der Waals surface area contributed by atoms with Gasteiger partial charge >= 0.3 is 5.97 Å². The molecule has 0 radical (unpaired) electrons. The van der Waals surface area contributed by atoms with E-state index in [1.807, 2.05) is 37.3 Å². The summed E-state index contributed by atoms with van der Waals surface area (Å²) in [6, 6.07) is 9.85. The van der Waals surface area contributed by atoms with Crippen LogP contribution in [-0.2, 0) is 20.9 Å². The van der Waals surface area contributed by atoms with Crippen LogP contribution in [0.3, 0.4) is 0 Å². The number of carboxylic acids is 1. The number of carboxylic acid groups (broad SMARTS) is 1. The Balaban J connectivity index is 2.21. The van der Waals surface area contributed by atoms with Gasteiger partial charge in [0.15, 0.2) is 0 Å². The number of ether oxygens (including phenoxy) is 1. The molecule has 1 amide bonds. The molecule has 0 aromatic heterocycles. The van der Waals surface area contributed by atoms with Crippen LogP contribution in [0.25, 0.3) is 0 Å². The molecule has 0 aliphatic carbocycles. The molecular weight excluding hydrogens is 282 g/mol. The van der Waals surface area contributed by atoms with Crippen molar-refractivity contribution in [2.24, 2.45) is 0 Å². The highest BCUT2D eigenvalue weighted by atomic mass is 16.5.